The van der Waals surface area contributed by atoms with Crippen molar-refractivity contribution in [1.82, 2.24) is 19.9 Å². The maximum Gasteiger partial charge on any atom is 0.237 e. The molecule has 0 bridgehead atoms. The van der Waals surface area contributed by atoms with Gasteiger partial charge in [0, 0.05) is 17.7 Å². The largest absolute Gasteiger partial charge is 0.338 e. The fourth-order valence-corrected chi connectivity index (χ4v) is 4.56. The second-order valence-electron chi connectivity index (χ2n) is 7.47. The molecule has 29 heavy (non-hydrogen) atoms. The van der Waals surface area contributed by atoms with E-state index < -0.39 is 0 Å². The van der Waals surface area contributed by atoms with Gasteiger partial charge in [-0.05, 0) is 26.7 Å². The molecule has 152 valence electrons. The van der Waals surface area contributed by atoms with Crippen LogP contribution in [0.3, 0.4) is 0 Å². The first-order valence-corrected chi connectivity index (χ1v) is 11.0. The Morgan fingerprint density at radius 3 is 2.69 bits per heavy atom. The lowest BCUT2D eigenvalue weighted by Crippen LogP contribution is -2.17. The Morgan fingerprint density at radius 2 is 1.93 bits per heavy atom. The summed E-state index contributed by atoms with van der Waals surface area (Å²) in [7, 11) is 0. The number of carbonyl (C=O) groups is 1. The van der Waals surface area contributed by atoms with Gasteiger partial charge in [-0.15, -0.1) is 10.2 Å². The SMILES string of the molecule is Cc1ccc(-c2cc(NC(=O)CSc3nnc(C)n3C3CCCCC3)on2)cc1. The highest BCUT2D eigenvalue weighted by Crippen LogP contribution is 2.32. The summed E-state index contributed by atoms with van der Waals surface area (Å²) < 4.78 is 7.47. The molecule has 1 amide bonds. The van der Waals surface area contributed by atoms with Crippen LogP contribution in [0.2, 0.25) is 0 Å². The zero-order chi connectivity index (χ0) is 20.2. The predicted molar refractivity (Wildman–Crippen MR) is 113 cm³/mol. The molecule has 0 saturated heterocycles. The summed E-state index contributed by atoms with van der Waals surface area (Å²) >= 11 is 1.41. The Hall–Kier alpha value is -2.61. The molecule has 1 aromatic carbocycles. The molecule has 1 saturated carbocycles. The summed E-state index contributed by atoms with van der Waals surface area (Å²) in [5.41, 5.74) is 2.82. The Labute approximate surface area is 174 Å². The van der Waals surface area contributed by atoms with Crippen LogP contribution in [0.25, 0.3) is 11.3 Å². The summed E-state index contributed by atoms with van der Waals surface area (Å²) in [6.07, 6.45) is 6.07. The quantitative estimate of drug-likeness (QED) is 0.587. The van der Waals surface area contributed by atoms with E-state index in [0.717, 1.165) is 29.4 Å². The number of anilines is 1. The van der Waals surface area contributed by atoms with Gasteiger partial charge in [0.15, 0.2) is 5.16 Å². The van der Waals surface area contributed by atoms with E-state index in [0.29, 0.717) is 17.6 Å². The normalized spacial score (nSPS) is 14.8. The highest BCUT2D eigenvalue weighted by atomic mass is 32.2. The molecule has 0 unspecified atom stereocenters. The first-order valence-electron chi connectivity index (χ1n) is 9.98. The molecule has 1 aliphatic rings. The number of nitrogens with one attached hydrogen (secondary N) is 1. The highest BCUT2D eigenvalue weighted by molar-refractivity contribution is 7.99. The van der Waals surface area contributed by atoms with Crippen molar-refractivity contribution in [1.29, 1.82) is 0 Å². The number of aryl methyl sites for hydroxylation is 2. The van der Waals surface area contributed by atoms with Crippen LogP contribution >= 0.6 is 11.8 Å². The summed E-state index contributed by atoms with van der Waals surface area (Å²) in [6.45, 7) is 4.01. The van der Waals surface area contributed by atoms with Crippen molar-refractivity contribution in [3.8, 4) is 11.3 Å². The Kier molecular flexibility index (Phi) is 5.99. The number of thioether (sulfide) groups is 1. The van der Waals surface area contributed by atoms with Gasteiger partial charge >= 0.3 is 0 Å². The molecule has 8 heteroatoms. The zero-order valence-electron chi connectivity index (χ0n) is 16.7. The van der Waals surface area contributed by atoms with Crippen LogP contribution in [-0.4, -0.2) is 31.6 Å². The van der Waals surface area contributed by atoms with Gasteiger partial charge in [0.1, 0.15) is 11.5 Å². The Balaban J connectivity index is 1.36. The molecule has 4 rings (SSSR count). The maximum absolute atomic E-state index is 12.4. The lowest BCUT2D eigenvalue weighted by molar-refractivity contribution is -0.113. The Morgan fingerprint density at radius 1 is 1.17 bits per heavy atom. The number of rotatable bonds is 6. The van der Waals surface area contributed by atoms with Gasteiger partial charge in [-0.2, -0.15) is 0 Å². The van der Waals surface area contributed by atoms with E-state index in [9.17, 15) is 4.79 Å². The average molecular weight is 412 g/mol. The van der Waals surface area contributed by atoms with Crippen molar-refractivity contribution in [2.45, 2.75) is 57.1 Å². The molecule has 3 aromatic rings. The lowest BCUT2D eigenvalue weighted by atomic mass is 9.95. The van der Waals surface area contributed by atoms with E-state index in [2.05, 4.69) is 25.2 Å². The molecular formula is C21H25N5O2S. The summed E-state index contributed by atoms with van der Waals surface area (Å²) in [4.78, 5) is 12.4. The third-order valence-corrected chi connectivity index (χ3v) is 6.17. The van der Waals surface area contributed by atoms with Gasteiger partial charge in [-0.25, -0.2) is 0 Å². The first kappa shape index (κ1) is 19.7. The molecule has 2 heterocycles. The number of benzene rings is 1. The van der Waals surface area contributed by atoms with Crippen LogP contribution in [0.15, 0.2) is 40.0 Å². The van der Waals surface area contributed by atoms with Crippen molar-refractivity contribution in [3.63, 3.8) is 0 Å². The smallest absolute Gasteiger partial charge is 0.237 e. The third kappa shape index (κ3) is 4.70. The summed E-state index contributed by atoms with van der Waals surface area (Å²) in [5.74, 6) is 1.34. The zero-order valence-corrected chi connectivity index (χ0v) is 17.5. The molecule has 7 nitrogen and oxygen atoms in total. The fourth-order valence-electron chi connectivity index (χ4n) is 3.71. The molecular weight excluding hydrogens is 386 g/mol. The van der Waals surface area contributed by atoms with Crippen LogP contribution in [0.4, 0.5) is 5.88 Å². The van der Waals surface area contributed by atoms with Crippen molar-refractivity contribution >= 4 is 23.6 Å². The topological polar surface area (TPSA) is 85.8 Å². The molecule has 0 radical (unpaired) electrons. The number of hydrogen-bond donors (Lipinski definition) is 1. The van der Waals surface area contributed by atoms with Gasteiger partial charge < -0.3 is 9.09 Å². The molecule has 1 N–H and O–H groups in total. The van der Waals surface area contributed by atoms with Crippen LogP contribution in [0.5, 0.6) is 0 Å². The predicted octanol–water partition coefficient (Wildman–Crippen LogP) is 4.79. The minimum Gasteiger partial charge on any atom is -0.338 e. The van der Waals surface area contributed by atoms with E-state index >= 15 is 0 Å². The van der Waals surface area contributed by atoms with Crippen molar-refractivity contribution in [2.75, 3.05) is 11.1 Å². The molecule has 0 atom stereocenters. The summed E-state index contributed by atoms with van der Waals surface area (Å²) in [5, 5.41) is 16.1. The first-order chi connectivity index (χ1) is 14.1. The van der Waals surface area contributed by atoms with E-state index in [1.54, 1.807) is 6.07 Å². The van der Waals surface area contributed by atoms with Gasteiger partial charge in [-0.3, -0.25) is 10.1 Å². The fraction of sp³-hybridized carbons (Fsp3) is 0.429. The Bertz CT molecular complexity index is 973. The molecule has 2 aromatic heterocycles. The van der Waals surface area contributed by atoms with Crippen LogP contribution in [0.1, 0.15) is 49.5 Å². The maximum atomic E-state index is 12.4. The van der Waals surface area contributed by atoms with Gasteiger partial charge in [-0.1, -0.05) is 66.0 Å². The second kappa shape index (κ2) is 8.82. The van der Waals surface area contributed by atoms with Gasteiger partial charge in [0.25, 0.3) is 0 Å². The highest BCUT2D eigenvalue weighted by Gasteiger charge is 2.22. The second-order valence-corrected chi connectivity index (χ2v) is 8.41. The molecule has 0 aliphatic heterocycles. The van der Waals surface area contributed by atoms with E-state index in [-0.39, 0.29) is 11.7 Å². The van der Waals surface area contributed by atoms with Crippen LogP contribution in [-0.2, 0) is 4.79 Å². The van der Waals surface area contributed by atoms with Gasteiger partial charge in [0.2, 0.25) is 11.8 Å². The van der Waals surface area contributed by atoms with E-state index in [4.69, 9.17) is 4.52 Å². The number of amides is 1. The van der Waals surface area contributed by atoms with Crippen molar-refractivity contribution in [2.24, 2.45) is 0 Å². The minimum absolute atomic E-state index is 0.155. The van der Waals surface area contributed by atoms with Crippen LogP contribution < -0.4 is 5.32 Å². The van der Waals surface area contributed by atoms with E-state index in [1.807, 2.05) is 38.1 Å². The molecule has 0 spiro atoms. The number of hydrogen-bond acceptors (Lipinski definition) is 6. The molecule has 1 fully saturated rings. The average Bonchev–Trinajstić information content (AvgIpc) is 3.34. The summed E-state index contributed by atoms with van der Waals surface area (Å²) in [6, 6.07) is 10.2. The number of aromatic nitrogens is 4. The number of carbonyl (C=O) groups excluding carboxylic acids is 1. The monoisotopic (exact) mass is 411 g/mol. The number of nitrogens with zero attached hydrogens (tertiary/aromatic N) is 4. The minimum atomic E-state index is -0.155. The molecule has 1 aliphatic carbocycles. The van der Waals surface area contributed by atoms with Gasteiger partial charge in [0.05, 0.1) is 5.75 Å². The van der Waals surface area contributed by atoms with Crippen molar-refractivity contribution < 1.29 is 9.32 Å². The van der Waals surface area contributed by atoms with E-state index in [1.165, 1.54) is 36.6 Å². The van der Waals surface area contributed by atoms with Crippen LogP contribution in [0, 0.1) is 13.8 Å². The van der Waals surface area contributed by atoms with Crippen molar-refractivity contribution in [3.05, 3.63) is 41.7 Å². The lowest BCUT2D eigenvalue weighted by Gasteiger charge is -2.24. The third-order valence-electron chi connectivity index (χ3n) is 5.23. The standard InChI is InChI=1S/C21H25N5O2S/c1-14-8-10-16(11-9-14)18-12-20(28-25-18)22-19(27)13-29-21-24-23-15(2)26(21)17-6-4-3-5-7-17/h8-12,17H,3-7,13H2,1-2H3,(H,22,27).